The number of pyridine rings is 1. The van der Waals surface area contributed by atoms with Gasteiger partial charge in [-0.25, -0.2) is 9.78 Å². The number of nitrogens with one attached hydrogen (secondary N) is 1. The zero-order chi connectivity index (χ0) is 22.2. The van der Waals surface area contributed by atoms with Crippen LogP contribution in [0.5, 0.6) is 0 Å². The molecule has 160 valence electrons. The maximum atomic E-state index is 13.2. The molecule has 10 nitrogen and oxygen atoms in total. The average molecular weight is 421 g/mol. The molecule has 1 rings (SSSR count). The average Bonchev–Trinajstić information content (AvgIpc) is 2.64. The van der Waals surface area contributed by atoms with Crippen LogP contribution in [-0.2, 0) is 25.2 Å². The van der Waals surface area contributed by atoms with E-state index in [1.54, 1.807) is 6.92 Å². The van der Waals surface area contributed by atoms with Gasteiger partial charge in [0.15, 0.2) is 0 Å². The molecule has 1 atom stereocenters. The van der Waals surface area contributed by atoms with Crippen molar-refractivity contribution in [3.05, 3.63) is 33.6 Å². The molecule has 0 aromatic carbocycles. The molecule has 0 radical (unpaired) electrons. The van der Waals surface area contributed by atoms with Gasteiger partial charge in [0.05, 0.1) is 23.7 Å². The molecule has 29 heavy (non-hydrogen) atoms. The second-order valence-corrected chi connectivity index (χ2v) is 5.47. The summed E-state index contributed by atoms with van der Waals surface area (Å²) in [4.78, 5) is 48.6. The summed E-state index contributed by atoms with van der Waals surface area (Å²) in [5.41, 5.74) is -3.76. The number of hydrogen-bond acceptors (Lipinski definition) is 8. The van der Waals surface area contributed by atoms with E-state index in [9.17, 15) is 37.7 Å². The number of carbonyl (C=O) groups is 3. The van der Waals surface area contributed by atoms with E-state index in [4.69, 9.17) is 9.47 Å². The maximum absolute atomic E-state index is 13.2. The van der Waals surface area contributed by atoms with E-state index in [0.717, 1.165) is 0 Å². The Kier molecular flexibility index (Phi) is 8.48. The van der Waals surface area contributed by atoms with E-state index in [1.807, 2.05) is 5.32 Å². The van der Waals surface area contributed by atoms with Gasteiger partial charge in [-0.3, -0.25) is 19.7 Å². The van der Waals surface area contributed by atoms with Crippen molar-refractivity contribution in [3.63, 3.8) is 0 Å². The van der Waals surface area contributed by atoms with Crippen LogP contribution in [0.4, 0.5) is 18.9 Å². The minimum atomic E-state index is -5.12. The monoisotopic (exact) mass is 421 g/mol. The number of hydrogen-bond donors (Lipinski definition) is 1. The predicted molar refractivity (Wildman–Crippen MR) is 89.6 cm³/mol. The highest BCUT2D eigenvalue weighted by atomic mass is 19.4. The number of alkyl halides is 3. The molecule has 1 N–H and O–H groups in total. The highest BCUT2D eigenvalue weighted by Gasteiger charge is 2.39. The first-order valence-corrected chi connectivity index (χ1v) is 8.35. The standard InChI is InChI=1S/C16H18F3N3O7/c1-3-28-12(23)6-5-11(15(25)29-4-2)21-14(24)13-10(16(17,18)19)7-9(8-20-13)22(26)27/h7-8,11H,3-6H2,1-2H3,(H,21,24). The summed E-state index contributed by atoms with van der Waals surface area (Å²) in [6, 6.07) is -1.29. The van der Waals surface area contributed by atoms with E-state index in [2.05, 4.69) is 4.98 Å². The third kappa shape index (κ3) is 7.01. The number of nitro groups is 1. The zero-order valence-corrected chi connectivity index (χ0v) is 15.4. The molecule has 1 unspecified atom stereocenters. The van der Waals surface area contributed by atoms with Gasteiger partial charge in [-0.2, -0.15) is 13.2 Å². The van der Waals surface area contributed by atoms with Gasteiger partial charge in [0.1, 0.15) is 17.9 Å². The Morgan fingerprint density at radius 1 is 1.24 bits per heavy atom. The number of halogens is 3. The summed E-state index contributed by atoms with van der Waals surface area (Å²) >= 11 is 0. The fourth-order valence-electron chi connectivity index (χ4n) is 2.16. The highest BCUT2D eigenvalue weighted by molar-refractivity contribution is 5.96. The molecule has 13 heteroatoms. The predicted octanol–water partition coefficient (Wildman–Crippen LogP) is 2.01. The number of aromatic nitrogens is 1. The molecule has 1 heterocycles. The number of nitrogens with zero attached hydrogens (tertiary/aromatic N) is 2. The number of amides is 1. The Balaban J connectivity index is 3.13. The highest BCUT2D eigenvalue weighted by Crippen LogP contribution is 2.33. The van der Waals surface area contributed by atoms with E-state index in [1.165, 1.54) is 6.92 Å². The fourth-order valence-corrected chi connectivity index (χ4v) is 2.16. The first-order chi connectivity index (χ1) is 13.5. The molecular weight excluding hydrogens is 403 g/mol. The quantitative estimate of drug-likeness (QED) is 0.363. The van der Waals surface area contributed by atoms with Gasteiger partial charge in [-0.1, -0.05) is 0 Å². The third-order valence-corrected chi connectivity index (χ3v) is 3.42. The molecular formula is C16H18F3N3O7. The molecule has 1 amide bonds. The van der Waals surface area contributed by atoms with Crippen molar-refractivity contribution >= 4 is 23.5 Å². The van der Waals surface area contributed by atoms with Crippen LogP contribution in [0.15, 0.2) is 12.3 Å². The van der Waals surface area contributed by atoms with Crippen LogP contribution < -0.4 is 5.32 Å². The molecule has 1 aromatic rings. The van der Waals surface area contributed by atoms with Gasteiger partial charge >= 0.3 is 18.1 Å². The van der Waals surface area contributed by atoms with E-state index in [-0.39, 0.29) is 32.1 Å². The SMILES string of the molecule is CCOC(=O)CCC(NC(=O)c1ncc([N+](=O)[O-])cc1C(F)(F)F)C(=O)OCC. The van der Waals surface area contributed by atoms with Gasteiger partial charge in [-0.15, -0.1) is 0 Å². The Morgan fingerprint density at radius 3 is 2.38 bits per heavy atom. The molecule has 0 bridgehead atoms. The Hall–Kier alpha value is -3.25. The van der Waals surface area contributed by atoms with Crippen molar-refractivity contribution in [2.45, 2.75) is 38.9 Å². The molecule has 0 fully saturated rings. The molecule has 0 aliphatic heterocycles. The molecule has 0 saturated carbocycles. The molecule has 0 saturated heterocycles. The van der Waals surface area contributed by atoms with Crippen molar-refractivity contribution < 1.29 is 42.0 Å². The maximum Gasteiger partial charge on any atom is 0.418 e. The van der Waals surface area contributed by atoms with Crippen molar-refractivity contribution in [1.82, 2.24) is 10.3 Å². The summed E-state index contributed by atoms with van der Waals surface area (Å²) in [7, 11) is 0. The molecule has 1 aromatic heterocycles. The lowest BCUT2D eigenvalue weighted by Crippen LogP contribution is -2.43. The minimum absolute atomic E-state index is 0.0752. The number of rotatable bonds is 9. The Labute approximate surface area is 162 Å². The number of carbonyl (C=O) groups excluding carboxylic acids is 3. The first kappa shape index (κ1) is 23.8. The lowest BCUT2D eigenvalue weighted by molar-refractivity contribution is -0.385. The lowest BCUT2D eigenvalue weighted by atomic mass is 10.1. The minimum Gasteiger partial charge on any atom is -0.466 e. The van der Waals surface area contributed by atoms with Crippen molar-refractivity contribution in [2.75, 3.05) is 13.2 Å². The second kappa shape index (κ2) is 10.3. The van der Waals surface area contributed by atoms with Crippen molar-refractivity contribution in [1.29, 1.82) is 0 Å². The van der Waals surface area contributed by atoms with Crippen molar-refractivity contribution in [2.24, 2.45) is 0 Å². The van der Waals surface area contributed by atoms with Crippen LogP contribution in [-0.4, -0.2) is 47.0 Å². The van der Waals surface area contributed by atoms with Crippen LogP contribution in [0.3, 0.4) is 0 Å². The molecule has 0 aliphatic rings. The normalized spacial score (nSPS) is 12.0. The summed E-state index contributed by atoms with van der Waals surface area (Å²) in [6.07, 6.45) is -5.23. The summed E-state index contributed by atoms with van der Waals surface area (Å²) < 4.78 is 49.1. The fraction of sp³-hybridized carbons (Fsp3) is 0.500. The summed E-state index contributed by atoms with van der Waals surface area (Å²) in [5.74, 6) is -3.06. The van der Waals surface area contributed by atoms with E-state index in [0.29, 0.717) is 6.20 Å². The summed E-state index contributed by atoms with van der Waals surface area (Å²) in [5, 5.41) is 12.7. The molecule has 0 aliphatic carbocycles. The van der Waals surface area contributed by atoms with Gasteiger partial charge in [0, 0.05) is 12.5 Å². The number of esters is 2. The molecule has 0 spiro atoms. The van der Waals surface area contributed by atoms with E-state index >= 15 is 0 Å². The van der Waals surface area contributed by atoms with Crippen LogP contribution in [0.2, 0.25) is 0 Å². The van der Waals surface area contributed by atoms with Crippen LogP contribution in [0.1, 0.15) is 42.7 Å². The van der Waals surface area contributed by atoms with Crippen LogP contribution in [0, 0.1) is 10.1 Å². The Morgan fingerprint density at radius 2 is 1.86 bits per heavy atom. The van der Waals surface area contributed by atoms with Gasteiger partial charge in [0.25, 0.3) is 11.6 Å². The second-order valence-electron chi connectivity index (χ2n) is 5.47. The topological polar surface area (TPSA) is 138 Å². The van der Waals surface area contributed by atoms with Gasteiger partial charge < -0.3 is 14.8 Å². The summed E-state index contributed by atoms with van der Waals surface area (Å²) in [6.45, 7) is 3.04. The van der Waals surface area contributed by atoms with Crippen LogP contribution in [0.25, 0.3) is 0 Å². The smallest absolute Gasteiger partial charge is 0.418 e. The largest absolute Gasteiger partial charge is 0.466 e. The third-order valence-electron chi connectivity index (χ3n) is 3.42. The van der Waals surface area contributed by atoms with Crippen LogP contribution >= 0.6 is 0 Å². The van der Waals surface area contributed by atoms with Gasteiger partial charge in [-0.05, 0) is 20.3 Å². The van der Waals surface area contributed by atoms with Gasteiger partial charge in [0.2, 0.25) is 0 Å². The Bertz CT molecular complexity index is 784. The number of ether oxygens (including phenoxy) is 2. The zero-order valence-electron chi connectivity index (χ0n) is 15.4. The van der Waals surface area contributed by atoms with Crippen molar-refractivity contribution in [3.8, 4) is 0 Å². The lowest BCUT2D eigenvalue weighted by Gasteiger charge is -2.18. The van der Waals surface area contributed by atoms with E-state index < -0.39 is 51.9 Å². The first-order valence-electron chi connectivity index (χ1n) is 8.35.